The maximum atomic E-state index is 14.1. The van der Waals surface area contributed by atoms with Crippen molar-refractivity contribution in [2.75, 3.05) is 0 Å². The number of benzene rings is 2. The minimum atomic E-state index is -0.828. The predicted octanol–water partition coefficient (Wildman–Crippen LogP) is 5.80. The van der Waals surface area contributed by atoms with Gasteiger partial charge >= 0.3 is 0 Å². The number of nitrogens with zero attached hydrogens (tertiary/aromatic N) is 4. The summed E-state index contributed by atoms with van der Waals surface area (Å²) in [6.07, 6.45) is 1.52. The summed E-state index contributed by atoms with van der Waals surface area (Å²) in [5.41, 5.74) is 1.89. The number of aromatic nitrogens is 3. The molecule has 2 atom stereocenters. The van der Waals surface area contributed by atoms with Crippen molar-refractivity contribution < 1.29 is 9.72 Å². The van der Waals surface area contributed by atoms with Crippen LogP contribution in [0.1, 0.15) is 45.0 Å². The molecule has 2 heterocycles. The van der Waals surface area contributed by atoms with E-state index in [1.807, 2.05) is 24.3 Å². The van der Waals surface area contributed by atoms with Crippen LogP contribution in [0.4, 0.5) is 5.69 Å². The van der Waals surface area contributed by atoms with Crippen molar-refractivity contribution in [2.45, 2.75) is 48.8 Å². The van der Waals surface area contributed by atoms with E-state index in [0.29, 0.717) is 23.1 Å². The second-order valence-electron chi connectivity index (χ2n) is 9.55. The number of thioether (sulfide) groups is 1. The number of para-hydroxylation sites is 1. The quantitative estimate of drug-likeness (QED) is 0.209. The summed E-state index contributed by atoms with van der Waals surface area (Å²) in [6, 6.07) is 12.4. The van der Waals surface area contributed by atoms with Gasteiger partial charge in [-0.2, -0.15) is 0 Å². The van der Waals surface area contributed by atoms with Gasteiger partial charge < -0.3 is 0 Å². The smallest absolute Gasteiger partial charge is 0.271 e. The molecule has 6 rings (SSSR count). The Balaban J connectivity index is 1.52. The van der Waals surface area contributed by atoms with E-state index in [-0.39, 0.29) is 16.2 Å². The van der Waals surface area contributed by atoms with Crippen LogP contribution in [0.5, 0.6) is 0 Å². The third-order valence-electron chi connectivity index (χ3n) is 8.03. The van der Waals surface area contributed by atoms with Crippen molar-refractivity contribution in [3.05, 3.63) is 64.0 Å². The maximum Gasteiger partial charge on any atom is 0.271 e. The average Bonchev–Trinajstić information content (AvgIpc) is 3.33. The lowest BCUT2D eigenvalue weighted by Gasteiger charge is -2.39. The first-order valence-corrected chi connectivity index (χ1v) is 12.4. The monoisotopic (exact) mass is 476 g/mol. The molecule has 9 heteroatoms. The van der Waals surface area contributed by atoms with Crippen molar-refractivity contribution >= 4 is 55.2 Å². The fourth-order valence-corrected chi connectivity index (χ4v) is 8.01. The number of nitro benzene ring substituents is 1. The molecule has 1 saturated carbocycles. The number of nitro groups is 1. The lowest BCUT2D eigenvalue weighted by Crippen LogP contribution is -2.44. The third kappa shape index (κ3) is 2.52. The van der Waals surface area contributed by atoms with Crippen LogP contribution in [0.15, 0.2) is 46.8 Å². The standard InChI is InChI=1S/C24H20N4O3S2/c1-22(2)23(3)10-11-24(22,20(29)33-21-27-15-6-4-5-7-17(15)32-21)19-18(23)25-14-9-8-13(28(30)31)12-16(14)26-19/h4-9,12H,10-11H2,1-3H3. The van der Waals surface area contributed by atoms with Gasteiger partial charge in [-0.15, -0.1) is 11.3 Å². The number of hydrogen-bond acceptors (Lipinski definition) is 8. The van der Waals surface area contributed by atoms with E-state index in [1.165, 1.54) is 35.2 Å². The van der Waals surface area contributed by atoms with Crippen LogP contribution in [-0.2, 0) is 15.6 Å². The van der Waals surface area contributed by atoms with E-state index in [0.717, 1.165) is 26.7 Å². The van der Waals surface area contributed by atoms with Gasteiger partial charge in [0.05, 0.1) is 43.0 Å². The second-order valence-corrected chi connectivity index (χ2v) is 11.8. The van der Waals surface area contributed by atoms with Crippen LogP contribution in [0.3, 0.4) is 0 Å². The van der Waals surface area contributed by atoms with Gasteiger partial charge in [-0.25, -0.2) is 15.0 Å². The lowest BCUT2D eigenvalue weighted by molar-refractivity contribution is -0.384. The fraction of sp³-hybridized carbons (Fsp3) is 0.333. The Morgan fingerprint density at radius 1 is 1.00 bits per heavy atom. The molecule has 2 aliphatic carbocycles. The summed E-state index contributed by atoms with van der Waals surface area (Å²) in [5, 5.41) is 11.3. The fourth-order valence-electron chi connectivity index (χ4n) is 5.72. The predicted molar refractivity (Wildman–Crippen MR) is 129 cm³/mol. The van der Waals surface area contributed by atoms with Crippen molar-refractivity contribution in [3.63, 3.8) is 0 Å². The summed E-state index contributed by atoms with van der Waals surface area (Å²) in [7, 11) is 0. The van der Waals surface area contributed by atoms with Crippen LogP contribution in [0.25, 0.3) is 21.3 Å². The molecule has 2 aromatic carbocycles. The number of fused-ring (bicyclic) bond motifs is 7. The number of rotatable bonds is 3. The first-order chi connectivity index (χ1) is 15.7. The Hall–Kier alpha value is -2.91. The van der Waals surface area contributed by atoms with Gasteiger partial charge in [0.2, 0.25) is 5.12 Å². The number of hydrogen-bond donors (Lipinski definition) is 0. The molecule has 0 radical (unpaired) electrons. The Labute approximate surface area is 197 Å². The number of carbonyl (C=O) groups is 1. The van der Waals surface area contributed by atoms with E-state index in [9.17, 15) is 14.9 Å². The van der Waals surface area contributed by atoms with Crippen molar-refractivity contribution in [1.82, 2.24) is 15.0 Å². The molecule has 0 amide bonds. The van der Waals surface area contributed by atoms with E-state index < -0.39 is 15.8 Å². The van der Waals surface area contributed by atoms with Gasteiger partial charge in [0, 0.05) is 17.5 Å². The Bertz CT molecular complexity index is 1480. The van der Waals surface area contributed by atoms with Gasteiger partial charge in [0.25, 0.3) is 5.69 Å². The molecular weight excluding hydrogens is 456 g/mol. The highest BCUT2D eigenvalue weighted by atomic mass is 32.2. The molecule has 2 unspecified atom stereocenters. The molecule has 2 bridgehead atoms. The highest BCUT2D eigenvalue weighted by Crippen LogP contribution is 2.71. The molecular formula is C24H20N4O3S2. The Morgan fingerprint density at radius 3 is 2.52 bits per heavy atom. The molecule has 0 saturated heterocycles. The number of carbonyl (C=O) groups excluding carboxylic acids is 1. The molecule has 0 spiro atoms. The van der Waals surface area contributed by atoms with Crippen LogP contribution < -0.4 is 0 Å². The zero-order chi connectivity index (χ0) is 23.2. The summed E-state index contributed by atoms with van der Waals surface area (Å²) < 4.78 is 1.77. The molecule has 33 heavy (non-hydrogen) atoms. The number of non-ortho nitro benzene ring substituents is 1. The van der Waals surface area contributed by atoms with Gasteiger partial charge in [-0.1, -0.05) is 32.9 Å². The first-order valence-electron chi connectivity index (χ1n) is 10.7. The minimum absolute atomic E-state index is 0.0214. The summed E-state index contributed by atoms with van der Waals surface area (Å²) in [6.45, 7) is 6.43. The topological polar surface area (TPSA) is 98.9 Å². The second kappa shape index (κ2) is 6.57. The minimum Gasteiger partial charge on any atom is -0.286 e. The van der Waals surface area contributed by atoms with Crippen LogP contribution in [-0.4, -0.2) is 25.0 Å². The highest BCUT2D eigenvalue weighted by Gasteiger charge is 2.73. The molecule has 0 aliphatic heterocycles. The molecule has 0 N–H and O–H groups in total. The van der Waals surface area contributed by atoms with E-state index >= 15 is 0 Å². The largest absolute Gasteiger partial charge is 0.286 e. The summed E-state index contributed by atoms with van der Waals surface area (Å²) in [5.74, 6) is 0. The normalized spacial score (nSPS) is 24.9. The van der Waals surface area contributed by atoms with Crippen LogP contribution in [0, 0.1) is 15.5 Å². The van der Waals surface area contributed by atoms with Gasteiger partial charge in [0.1, 0.15) is 0 Å². The average molecular weight is 477 g/mol. The summed E-state index contributed by atoms with van der Waals surface area (Å²) in [4.78, 5) is 39.4. The zero-order valence-corrected chi connectivity index (χ0v) is 19.9. The molecule has 4 aromatic rings. The molecule has 7 nitrogen and oxygen atoms in total. The Morgan fingerprint density at radius 2 is 1.76 bits per heavy atom. The summed E-state index contributed by atoms with van der Waals surface area (Å²) >= 11 is 2.70. The highest BCUT2D eigenvalue weighted by molar-refractivity contribution is 8.15. The van der Waals surface area contributed by atoms with Gasteiger partial charge in [-0.3, -0.25) is 14.9 Å². The lowest BCUT2D eigenvalue weighted by atomic mass is 9.64. The molecule has 166 valence electrons. The maximum absolute atomic E-state index is 14.1. The Kier molecular flexibility index (Phi) is 4.12. The van der Waals surface area contributed by atoms with Crippen molar-refractivity contribution in [3.8, 4) is 0 Å². The van der Waals surface area contributed by atoms with E-state index in [2.05, 4.69) is 25.8 Å². The van der Waals surface area contributed by atoms with Crippen molar-refractivity contribution in [2.24, 2.45) is 5.41 Å². The SMILES string of the molecule is CC12CCC(C(=O)Sc3nc4ccccc4s3)(c3nc4cc([N+](=O)[O-])ccc4nc31)C2(C)C. The van der Waals surface area contributed by atoms with E-state index in [4.69, 9.17) is 9.97 Å². The van der Waals surface area contributed by atoms with Crippen molar-refractivity contribution in [1.29, 1.82) is 0 Å². The first kappa shape index (κ1) is 20.7. The van der Waals surface area contributed by atoms with Gasteiger partial charge in [0.15, 0.2) is 4.34 Å². The molecule has 1 fully saturated rings. The molecule has 2 aromatic heterocycles. The third-order valence-corrected chi connectivity index (χ3v) is 10.2. The van der Waals surface area contributed by atoms with Crippen LogP contribution in [0.2, 0.25) is 0 Å². The molecule has 2 aliphatic rings. The number of thiazole rings is 1. The zero-order valence-electron chi connectivity index (χ0n) is 18.3. The van der Waals surface area contributed by atoms with E-state index in [1.54, 1.807) is 6.07 Å². The van der Waals surface area contributed by atoms with Gasteiger partial charge in [-0.05, 0) is 48.2 Å². The van der Waals surface area contributed by atoms with Crippen LogP contribution >= 0.6 is 23.1 Å².